The second-order valence-electron chi connectivity index (χ2n) is 3.39. The number of rotatable bonds is 0. The largest absolute Gasteiger partial charge is 0.293 e. The minimum atomic E-state index is 0.0189. The Labute approximate surface area is 89.9 Å². The highest BCUT2D eigenvalue weighted by molar-refractivity contribution is 6.31. The van der Waals surface area contributed by atoms with Gasteiger partial charge >= 0.3 is 0 Å². The molecule has 15 heavy (non-hydrogen) atoms. The number of aromatic nitrogens is 2. The molecule has 0 aliphatic carbocycles. The van der Waals surface area contributed by atoms with Gasteiger partial charge in [0.05, 0.1) is 5.52 Å². The fourth-order valence-electron chi connectivity index (χ4n) is 1.74. The quantitative estimate of drug-likeness (QED) is 0.618. The summed E-state index contributed by atoms with van der Waals surface area (Å²) in [5, 5.41) is 4.38. The van der Waals surface area contributed by atoms with Gasteiger partial charge in [-0.05, 0) is 30.3 Å². The SMILES string of the molecule is O=c1c2ccc(Cl)cc2[nH]n2cccc12. The van der Waals surface area contributed by atoms with Crippen molar-refractivity contribution in [2.45, 2.75) is 0 Å². The summed E-state index contributed by atoms with van der Waals surface area (Å²) in [4.78, 5) is 12.0. The van der Waals surface area contributed by atoms with Crippen molar-refractivity contribution in [3.05, 3.63) is 51.8 Å². The van der Waals surface area contributed by atoms with Gasteiger partial charge in [-0.1, -0.05) is 11.6 Å². The van der Waals surface area contributed by atoms with Crippen molar-refractivity contribution in [2.75, 3.05) is 0 Å². The maximum absolute atomic E-state index is 12.0. The number of halogens is 1. The van der Waals surface area contributed by atoms with Crippen molar-refractivity contribution in [3.63, 3.8) is 0 Å². The maximum Gasteiger partial charge on any atom is 0.213 e. The molecule has 0 atom stereocenters. The topological polar surface area (TPSA) is 37.3 Å². The number of nitrogens with one attached hydrogen (secondary N) is 1. The van der Waals surface area contributed by atoms with Gasteiger partial charge in [0.2, 0.25) is 5.43 Å². The van der Waals surface area contributed by atoms with Gasteiger partial charge in [0.15, 0.2) is 0 Å². The molecule has 0 aliphatic heterocycles. The summed E-state index contributed by atoms with van der Waals surface area (Å²) < 4.78 is 1.70. The van der Waals surface area contributed by atoms with E-state index in [-0.39, 0.29) is 5.43 Å². The molecule has 0 spiro atoms. The van der Waals surface area contributed by atoms with Gasteiger partial charge < -0.3 is 0 Å². The minimum absolute atomic E-state index is 0.0189. The number of fused-ring (bicyclic) bond motifs is 2. The molecule has 4 heteroatoms. The van der Waals surface area contributed by atoms with Crippen molar-refractivity contribution >= 4 is 28.0 Å². The van der Waals surface area contributed by atoms with Crippen molar-refractivity contribution in [3.8, 4) is 0 Å². The fourth-order valence-corrected chi connectivity index (χ4v) is 1.91. The number of aromatic amines is 1. The van der Waals surface area contributed by atoms with E-state index in [1.165, 1.54) is 0 Å². The van der Waals surface area contributed by atoms with E-state index in [4.69, 9.17) is 11.6 Å². The van der Waals surface area contributed by atoms with Gasteiger partial charge in [-0.2, -0.15) is 0 Å². The Kier molecular flexibility index (Phi) is 1.64. The van der Waals surface area contributed by atoms with E-state index in [2.05, 4.69) is 5.10 Å². The zero-order chi connectivity index (χ0) is 10.4. The van der Waals surface area contributed by atoms with E-state index in [0.29, 0.717) is 15.9 Å². The Morgan fingerprint density at radius 3 is 3.00 bits per heavy atom. The Balaban J connectivity index is 2.63. The van der Waals surface area contributed by atoms with E-state index in [1.807, 2.05) is 6.07 Å². The molecule has 0 saturated carbocycles. The monoisotopic (exact) mass is 218 g/mol. The van der Waals surface area contributed by atoms with Gasteiger partial charge in [-0.15, -0.1) is 0 Å². The summed E-state index contributed by atoms with van der Waals surface area (Å²) in [5.41, 5.74) is 1.41. The summed E-state index contributed by atoms with van der Waals surface area (Å²) >= 11 is 5.86. The summed E-state index contributed by atoms with van der Waals surface area (Å²) in [6.45, 7) is 0. The van der Waals surface area contributed by atoms with E-state index in [9.17, 15) is 4.79 Å². The van der Waals surface area contributed by atoms with E-state index < -0.39 is 0 Å². The molecule has 0 aliphatic rings. The maximum atomic E-state index is 12.0. The lowest BCUT2D eigenvalue weighted by Gasteiger charge is -2.01. The molecule has 0 unspecified atom stereocenters. The summed E-state index contributed by atoms with van der Waals surface area (Å²) in [6.07, 6.45) is 1.80. The van der Waals surface area contributed by atoms with Crippen molar-refractivity contribution in [1.82, 2.24) is 9.61 Å². The van der Waals surface area contributed by atoms with Gasteiger partial charge in [0.1, 0.15) is 5.52 Å². The number of benzene rings is 1. The molecule has 2 aromatic heterocycles. The van der Waals surface area contributed by atoms with E-state index in [1.54, 1.807) is 35.0 Å². The zero-order valence-electron chi connectivity index (χ0n) is 7.70. The van der Waals surface area contributed by atoms with Gasteiger partial charge in [0.25, 0.3) is 0 Å². The highest BCUT2D eigenvalue weighted by Crippen LogP contribution is 2.15. The van der Waals surface area contributed by atoms with Crippen LogP contribution >= 0.6 is 11.6 Å². The Bertz CT molecular complexity index is 711. The molecule has 3 aromatic rings. The molecular formula is C11H7ClN2O. The predicted octanol–water partition coefficient (Wildman–Crippen LogP) is 2.43. The van der Waals surface area contributed by atoms with Crippen LogP contribution in [0.3, 0.4) is 0 Å². The first kappa shape index (κ1) is 8.56. The molecule has 0 amide bonds. The molecule has 0 bridgehead atoms. The van der Waals surface area contributed by atoms with Crippen LogP contribution in [-0.4, -0.2) is 9.61 Å². The van der Waals surface area contributed by atoms with Crippen LogP contribution in [0.2, 0.25) is 5.02 Å². The fraction of sp³-hybridized carbons (Fsp3) is 0. The third-order valence-corrected chi connectivity index (χ3v) is 2.68. The average molecular weight is 219 g/mol. The number of hydrogen-bond acceptors (Lipinski definition) is 1. The highest BCUT2D eigenvalue weighted by atomic mass is 35.5. The first-order valence-electron chi connectivity index (χ1n) is 4.54. The zero-order valence-corrected chi connectivity index (χ0v) is 8.45. The van der Waals surface area contributed by atoms with Crippen LogP contribution in [0.4, 0.5) is 0 Å². The molecule has 0 radical (unpaired) electrons. The normalized spacial score (nSPS) is 11.3. The Morgan fingerprint density at radius 1 is 1.27 bits per heavy atom. The highest BCUT2D eigenvalue weighted by Gasteiger charge is 2.04. The molecule has 3 nitrogen and oxygen atoms in total. The van der Waals surface area contributed by atoms with Crippen LogP contribution < -0.4 is 5.43 Å². The van der Waals surface area contributed by atoms with Crippen LogP contribution in [0.5, 0.6) is 0 Å². The Hall–Kier alpha value is -1.74. The number of H-pyrrole nitrogens is 1. The second kappa shape index (κ2) is 2.87. The van der Waals surface area contributed by atoms with E-state index >= 15 is 0 Å². The number of hydrogen-bond donors (Lipinski definition) is 1. The first-order chi connectivity index (χ1) is 7.25. The lowest BCUT2D eigenvalue weighted by Crippen LogP contribution is -2.07. The average Bonchev–Trinajstić information content (AvgIpc) is 2.65. The van der Waals surface area contributed by atoms with Crippen molar-refractivity contribution in [1.29, 1.82) is 0 Å². The molecule has 1 aromatic carbocycles. The van der Waals surface area contributed by atoms with Crippen LogP contribution in [0, 0.1) is 0 Å². The van der Waals surface area contributed by atoms with E-state index in [0.717, 1.165) is 5.52 Å². The van der Waals surface area contributed by atoms with Gasteiger partial charge in [-0.3, -0.25) is 14.4 Å². The van der Waals surface area contributed by atoms with Crippen molar-refractivity contribution < 1.29 is 0 Å². The van der Waals surface area contributed by atoms with Crippen LogP contribution in [-0.2, 0) is 0 Å². The molecular weight excluding hydrogens is 212 g/mol. The van der Waals surface area contributed by atoms with Gasteiger partial charge in [-0.25, -0.2) is 0 Å². The molecule has 0 fully saturated rings. The third kappa shape index (κ3) is 1.17. The standard InChI is InChI=1S/C11H7ClN2O/c12-7-3-4-8-9(6-7)13-14-5-1-2-10(14)11(8)15/h1-6,13H. The van der Waals surface area contributed by atoms with Crippen molar-refractivity contribution in [2.24, 2.45) is 0 Å². The smallest absolute Gasteiger partial charge is 0.213 e. The minimum Gasteiger partial charge on any atom is -0.293 e. The Morgan fingerprint density at radius 2 is 2.13 bits per heavy atom. The van der Waals surface area contributed by atoms with Crippen LogP contribution in [0.25, 0.3) is 16.4 Å². The summed E-state index contributed by atoms with van der Waals surface area (Å²) in [6, 6.07) is 8.82. The van der Waals surface area contributed by atoms with Gasteiger partial charge in [0, 0.05) is 16.6 Å². The lowest BCUT2D eigenvalue weighted by atomic mass is 10.2. The molecule has 2 heterocycles. The molecule has 3 rings (SSSR count). The second-order valence-corrected chi connectivity index (χ2v) is 3.83. The molecule has 1 N–H and O–H groups in total. The summed E-state index contributed by atoms with van der Waals surface area (Å²) in [7, 11) is 0. The first-order valence-corrected chi connectivity index (χ1v) is 4.92. The lowest BCUT2D eigenvalue weighted by molar-refractivity contribution is 0.970. The molecule has 0 saturated heterocycles. The molecule has 74 valence electrons. The predicted molar refractivity (Wildman–Crippen MR) is 60.5 cm³/mol. The van der Waals surface area contributed by atoms with Crippen LogP contribution in [0.15, 0.2) is 41.3 Å². The summed E-state index contributed by atoms with van der Waals surface area (Å²) in [5.74, 6) is 0. The number of nitrogens with zero attached hydrogens (tertiary/aromatic N) is 1. The van der Waals surface area contributed by atoms with Crippen LogP contribution in [0.1, 0.15) is 0 Å². The third-order valence-electron chi connectivity index (χ3n) is 2.45.